The topological polar surface area (TPSA) is 38.8 Å². The van der Waals surface area contributed by atoms with Gasteiger partial charge in [0.1, 0.15) is 5.75 Å². The average molecular weight is 312 g/mol. The van der Waals surface area contributed by atoms with Gasteiger partial charge in [-0.1, -0.05) is 37.0 Å². The molecule has 1 rings (SSSR count). The lowest BCUT2D eigenvalue weighted by molar-refractivity contribution is 0.250. The van der Waals surface area contributed by atoms with Crippen LogP contribution in [-0.4, -0.2) is 24.9 Å². The van der Waals surface area contributed by atoms with Crippen LogP contribution in [0.15, 0.2) is 18.2 Å². The van der Waals surface area contributed by atoms with Crippen LogP contribution in [0.4, 0.5) is 0 Å². The van der Waals surface area contributed by atoms with E-state index in [1.54, 1.807) is 16.8 Å². The Balaban J connectivity index is 3.01. The maximum absolute atomic E-state index is 12.5. The number of hydrogen-bond donors (Lipinski definition) is 0. The maximum Gasteiger partial charge on any atom is 0.461 e. The van der Waals surface area contributed by atoms with Gasteiger partial charge >= 0.3 is 7.75 Å². The van der Waals surface area contributed by atoms with Crippen LogP contribution in [0.5, 0.6) is 5.75 Å². The zero-order chi connectivity index (χ0) is 13.8. The molecule has 18 heavy (non-hydrogen) atoms. The summed E-state index contributed by atoms with van der Waals surface area (Å²) in [7, 11) is -2.02. The summed E-state index contributed by atoms with van der Waals surface area (Å²) in [6.45, 7) is 4.85. The molecular weight excluding hydrogens is 296 g/mol. The second-order valence-electron chi connectivity index (χ2n) is 3.46. The molecular formula is C11H16Cl2NO3P. The van der Waals surface area contributed by atoms with Gasteiger partial charge in [0.15, 0.2) is 0 Å². The molecule has 7 heteroatoms. The molecule has 0 N–H and O–H groups in total. The van der Waals surface area contributed by atoms with Crippen molar-refractivity contribution in [1.29, 1.82) is 0 Å². The molecule has 0 aliphatic heterocycles. The number of rotatable bonds is 6. The minimum absolute atomic E-state index is 0.290. The summed E-state index contributed by atoms with van der Waals surface area (Å²) in [5, 5.41) is 0.786. The highest BCUT2D eigenvalue weighted by Crippen LogP contribution is 2.52. The third kappa shape index (κ3) is 3.62. The fourth-order valence-electron chi connectivity index (χ4n) is 1.45. The fraction of sp³-hybridized carbons (Fsp3) is 0.455. The van der Waals surface area contributed by atoms with Crippen LogP contribution < -0.4 is 4.52 Å². The van der Waals surface area contributed by atoms with Gasteiger partial charge in [0.2, 0.25) is 0 Å². The molecule has 0 amide bonds. The van der Waals surface area contributed by atoms with Gasteiger partial charge in [-0.2, -0.15) is 4.67 Å². The Morgan fingerprint density at radius 1 is 1.28 bits per heavy atom. The molecule has 0 aliphatic carbocycles. The van der Waals surface area contributed by atoms with Gasteiger partial charge in [-0.25, -0.2) is 4.57 Å². The first-order valence-corrected chi connectivity index (χ1v) is 7.77. The predicted molar refractivity (Wildman–Crippen MR) is 74.6 cm³/mol. The Labute approximate surface area is 117 Å². The molecule has 0 radical (unpaired) electrons. The van der Waals surface area contributed by atoms with Gasteiger partial charge < -0.3 is 4.52 Å². The van der Waals surface area contributed by atoms with Crippen molar-refractivity contribution >= 4 is 30.9 Å². The van der Waals surface area contributed by atoms with Crippen molar-refractivity contribution in [2.75, 3.05) is 20.2 Å². The Kier molecular flexibility index (Phi) is 5.96. The predicted octanol–water partition coefficient (Wildman–Crippen LogP) is 4.47. The summed E-state index contributed by atoms with van der Waals surface area (Å²) >= 11 is 11.8. The minimum atomic E-state index is -3.37. The largest absolute Gasteiger partial charge is 0.461 e. The van der Waals surface area contributed by atoms with E-state index in [-0.39, 0.29) is 5.75 Å². The van der Waals surface area contributed by atoms with Gasteiger partial charge in [-0.3, -0.25) is 4.52 Å². The van der Waals surface area contributed by atoms with E-state index in [4.69, 9.17) is 32.2 Å². The zero-order valence-electron chi connectivity index (χ0n) is 10.5. The Morgan fingerprint density at radius 3 is 2.33 bits per heavy atom. The van der Waals surface area contributed by atoms with E-state index in [1.807, 2.05) is 13.8 Å². The molecule has 4 nitrogen and oxygen atoms in total. The van der Waals surface area contributed by atoms with Gasteiger partial charge in [-0.15, -0.1) is 0 Å². The quantitative estimate of drug-likeness (QED) is 0.727. The second-order valence-corrected chi connectivity index (χ2v) is 6.35. The highest BCUT2D eigenvalue weighted by atomic mass is 35.5. The van der Waals surface area contributed by atoms with E-state index in [9.17, 15) is 4.57 Å². The van der Waals surface area contributed by atoms with Gasteiger partial charge in [0, 0.05) is 25.2 Å². The lowest BCUT2D eigenvalue weighted by Gasteiger charge is -2.27. The van der Waals surface area contributed by atoms with Gasteiger partial charge in [-0.05, 0) is 18.2 Å². The van der Waals surface area contributed by atoms with E-state index >= 15 is 0 Å². The van der Waals surface area contributed by atoms with Crippen molar-refractivity contribution in [3.8, 4) is 5.75 Å². The summed E-state index contributed by atoms with van der Waals surface area (Å²) in [6, 6.07) is 4.71. The lowest BCUT2D eigenvalue weighted by atomic mass is 10.3. The van der Waals surface area contributed by atoms with Gasteiger partial charge in [0.25, 0.3) is 0 Å². The molecule has 0 heterocycles. The second kappa shape index (κ2) is 6.78. The summed E-state index contributed by atoms with van der Waals surface area (Å²) in [5.74, 6) is 0.290. The van der Waals surface area contributed by atoms with Gasteiger partial charge in [0.05, 0.1) is 5.02 Å². The van der Waals surface area contributed by atoms with E-state index in [0.717, 1.165) is 0 Å². The normalized spacial score (nSPS) is 14.6. The van der Waals surface area contributed by atoms with Crippen molar-refractivity contribution in [2.45, 2.75) is 13.8 Å². The Morgan fingerprint density at radius 2 is 1.89 bits per heavy atom. The molecule has 102 valence electrons. The number of benzene rings is 1. The highest BCUT2D eigenvalue weighted by molar-refractivity contribution is 7.51. The molecule has 0 aromatic heterocycles. The first kappa shape index (κ1) is 15.8. The van der Waals surface area contributed by atoms with E-state index in [2.05, 4.69) is 0 Å². The molecule has 1 aromatic rings. The van der Waals surface area contributed by atoms with Crippen LogP contribution in [-0.2, 0) is 9.09 Å². The molecule has 0 bridgehead atoms. The maximum atomic E-state index is 12.5. The Bertz CT molecular complexity index is 452. The van der Waals surface area contributed by atoms with Crippen molar-refractivity contribution in [3.63, 3.8) is 0 Å². The molecule has 1 atom stereocenters. The molecule has 0 saturated heterocycles. The van der Waals surface area contributed by atoms with E-state index in [1.165, 1.54) is 13.2 Å². The number of halogens is 2. The molecule has 1 unspecified atom stereocenters. The first-order valence-electron chi connectivity index (χ1n) is 5.52. The highest BCUT2D eigenvalue weighted by Gasteiger charge is 2.32. The summed E-state index contributed by atoms with van der Waals surface area (Å²) in [4.78, 5) is 0. The van der Waals surface area contributed by atoms with Crippen molar-refractivity contribution < 1.29 is 13.6 Å². The summed E-state index contributed by atoms with van der Waals surface area (Å²) in [6.07, 6.45) is 0. The summed E-state index contributed by atoms with van der Waals surface area (Å²) < 4.78 is 24.6. The molecule has 1 aromatic carbocycles. The molecule has 0 saturated carbocycles. The standard InChI is InChI=1S/C11H16Cl2NO3P/c1-4-14(5-2)18(15,16-3)17-11-7-6-9(12)8-10(11)13/h6-8H,4-5H2,1-3H3. The van der Waals surface area contributed by atoms with Crippen LogP contribution in [0.2, 0.25) is 10.0 Å². The molecule has 0 fully saturated rings. The number of hydrogen-bond acceptors (Lipinski definition) is 3. The smallest absolute Gasteiger partial charge is 0.411 e. The first-order chi connectivity index (χ1) is 8.46. The Hall–Kier alpha value is -0.250. The average Bonchev–Trinajstić information content (AvgIpc) is 2.34. The van der Waals surface area contributed by atoms with E-state index < -0.39 is 7.75 Å². The van der Waals surface area contributed by atoms with Crippen molar-refractivity contribution in [3.05, 3.63) is 28.2 Å². The van der Waals surface area contributed by atoms with Crippen molar-refractivity contribution in [1.82, 2.24) is 4.67 Å². The van der Waals surface area contributed by atoms with Crippen LogP contribution >= 0.6 is 30.9 Å². The molecule has 0 spiro atoms. The third-order valence-corrected chi connectivity index (χ3v) is 5.09. The van der Waals surface area contributed by atoms with Crippen LogP contribution in [0, 0.1) is 0 Å². The number of nitrogens with zero attached hydrogens (tertiary/aromatic N) is 1. The van der Waals surface area contributed by atoms with Crippen LogP contribution in [0.1, 0.15) is 13.8 Å². The lowest BCUT2D eigenvalue weighted by Crippen LogP contribution is -2.23. The fourth-order valence-corrected chi connectivity index (χ4v) is 3.48. The zero-order valence-corrected chi connectivity index (χ0v) is 12.9. The van der Waals surface area contributed by atoms with Crippen LogP contribution in [0.25, 0.3) is 0 Å². The van der Waals surface area contributed by atoms with Crippen molar-refractivity contribution in [2.24, 2.45) is 0 Å². The molecule has 0 aliphatic rings. The summed E-state index contributed by atoms with van der Waals surface area (Å²) in [5.41, 5.74) is 0. The third-order valence-electron chi connectivity index (χ3n) is 2.41. The minimum Gasteiger partial charge on any atom is -0.411 e. The monoisotopic (exact) mass is 311 g/mol. The SMILES string of the molecule is CCN(CC)P(=O)(OC)Oc1ccc(Cl)cc1Cl. The van der Waals surface area contributed by atoms with Crippen LogP contribution in [0.3, 0.4) is 0 Å². The van der Waals surface area contributed by atoms with E-state index in [0.29, 0.717) is 23.1 Å².